The third-order valence-electron chi connectivity index (χ3n) is 5.82. The number of carbonyl (C=O) groups is 2. The van der Waals surface area contributed by atoms with E-state index in [-0.39, 0.29) is 30.2 Å². The Morgan fingerprint density at radius 1 is 1.28 bits per heavy atom. The minimum absolute atomic E-state index is 0.164. The molecule has 1 aromatic heterocycles. The van der Waals surface area contributed by atoms with E-state index in [0.29, 0.717) is 38.1 Å². The lowest BCUT2D eigenvalue weighted by molar-refractivity contribution is -0.122. The molecule has 2 aliphatic rings. The number of nitrogens with one attached hydrogen (secondary N) is 1. The van der Waals surface area contributed by atoms with E-state index in [9.17, 15) is 9.59 Å². The predicted molar refractivity (Wildman–Crippen MR) is 148 cm³/mol. The van der Waals surface area contributed by atoms with Crippen molar-refractivity contribution < 1.29 is 19.1 Å². The SMILES string of the molecule is COc1cc(/C=C2\SC(=S)N(CCCC(=O)Nc3nnc(CCl)s3)C2=O)ccc1OC1CCCCC1. The molecular weight excluding hydrogens is 540 g/mol. The molecule has 1 saturated carbocycles. The number of anilines is 1. The van der Waals surface area contributed by atoms with Gasteiger partial charge < -0.3 is 14.8 Å². The Labute approximate surface area is 228 Å². The van der Waals surface area contributed by atoms with Gasteiger partial charge in [-0.15, -0.1) is 21.8 Å². The van der Waals surface area contributed by atoms with Crippen LogP contribution >= 0.6 is 46.9 Å². The lowest BCUT2D eigenvalue weighted by atomic mass is 9.98. The Kier molecular flexibility index (Phi) is 9.58. The van der Waals surface area contributed by atoms with Crippen molar-refractivity contribution in [1.29, 1.82) is 0 Å². The average molecular weight is 567 g/mol. The Balaban J connectivity index is 1.32. The maximum Gasteiger partial charge on any atom is 0.266 e. The summed E-state index contributed by atoms with van der Waals surface area (Å²) in [5.41, 5.74) is 0.830. The van der Waals surface area contributed by atoms with Crippen LogP contribution in [0.15, 0.2) is 23.1 Å². The largest absolute Gasteiger partial charge is 0.493 e. The van der Waals surface area contributed by atoms with Crippen molar-refractivity contribution in [1.82, 2.24) is 15.1 Å². The number of thiocarbonyl (C=S) groups is 1. The van der Waals surface area contributed by atoms with Crippen molar-refractivity contribution in [2.45, 2.75) is 56.9 Å². The monoisotopic (exact) mass is 566 g/mol. The highest BCUT2D eigenvalue weighted by atomic mass is 35.5. The van der Waals surface area contributed by atoms with E-state index in [1.165, 1.54) is 47.3 Å². The number of amides is 2. The van der Waals surface area contributed by atoms with Gasteiger partial charge in [0.25, 0.3) is 5.91 Å². The van der Waals surface area contributed by atoms with E-state index in [1.807, 2.05) is 24.3 Å². The number of rotatable bonds is 10. The summed E-state index contributed by atoms with van der Waals surface area (Å²) in [4.78, 5) is 27.2. The Bertz CT molecular complexity index is 1150. The molecule has 0 bridgehead atoms. The quantitative estimate of drug-likeness (QED) is 0.225. The van der Waals surface area contributed by atoms with Gasteiger partial charge in [-0.25, -0.2) is 0 Å². The number of hydrogen-bond acceptors (Lipinski definition) is 9. The zero-order valence-corrected chi connectivity index (χ0v) is 23.0. The molecule has 1 aromatic carbocycles. The number of halogens is 1. The predicted octanol–water partition coefficient (Wildman–Crippen LogP) is 5.62. The van der Waals surface area contributed by atoms with Crippen molar-refractivity contribution in [2.75, 3.05) is 19.0 Å². The van der Waals surface area contributed by atoms with Gasteiger partial charge >= 0.3 is 0 Å². The minimum Gasteiger partial charge on any atom is -0.493 e. The molecule has 2 heterocycles. The molecule has 0 spiro atoms. The topological polar surface area (TPSA) is 93.6 Å². The first-order valence-corrected chi connectivity index (χ1v) is 14.3. The standard InChI is InChI=1S/C24H27ClN4O4S3/c1-32-18-12-15(9-10-17(18)33-16-6-3-2-4-7-16)13-19-22(31)29(24(34)35-19)11-5-8-20(30)26-23-28-27-21(14-25)36-23/h9-10,12-13,16H,2-8,11,14H2,1H3,(H,26,28,30)/b19-13-. The van der Waals surface area contributed by atoms with Crippen molar-refractivity contribution >= 4 is 74.3 Å². The summed E-state index contributed by atoms with van der Waals surface area (Å²) < 4.78 is 12.2. The van der Waals surface area contributed by atoms with Crippen LogP contribution in [0.2, 0.25) is 0 Å². The lowest BCUT2D eigenvalue weighted by Gasteiger charge is -2.24. The summed E-state index contributed by atoms with van der Waals surface area (Å²) in [7, 11) is 1.62. The molecular formula is C24H27ClN4O4S3. The fourth-order valence-corrected chi connectivity index (χ4v) is 6.15. The fourth-order valence-electron chi connectivity index (χ4n) is 4.02. The van der Waals surface area contributed by atoms with Gasteiger partial charge in [0, 0.05) is 13.0 Å². The van der Waals surface area contributed by atoms with Gasteiger partial charge in [0.1, 0.15) is 9.33 Å². The molecule has 192 valence electrons. The molecule has 1 saturated heterocycles. The Morgan fingerprint density at radius 3 is 2.81 bits per heavy atom. The smallest absolute Gasteiger partial charge is 0.266 e. The number of thioether (sulfide) groups is 1. The molecule has 2 aromatic rings. The van der Waals surface area contributed by atoms with E-state index < -0.39 is 0 Å². The molecule has 36 heavy (non-hydrogen) atoms. The lowest BCUT2D eigenvalue weighted by Crippen LogP contribution is -2.29. The van der Waals surface area contributed by atoms with Crippen LogP contribution in [-0.2, 0) is 15.5 Å². The fraction of sp³-hybridized carbons (Fsp3) is 0.458. The number of methoxy groups -OCH3 is 1. The van der Waals surface area contributed by atoms with Gasteiger partial charge in [-0.2, -0.15) is 0 Å². The summed E-state index contributed by atoms with van der Waals surface area (Å²) in [5.74, 6) is 1.25. The maximum atomic E-state index is 13.0. The van der Waals surface area contributed by atoms with E-state index in [2.05, 4.69) is 15.5 Å². The third-order valence-corrected chi connectivity index (χ3v) is 8.45. The summed E-state index contributed by atoms with van der Waals surface area (Å²) in [5, 5.41) is 11.5. The first kappa shape index (κ1) is 26.8. The van der Waals surface area contributed by atoms with Crippen LogP contribution in [-0.4, -0.2) is 51.0 Å². The van der Waals surface area contributed by atoms with Crippen LogP contribution in [0.4, 0.5) is 5.13 Å². The number of nitrogens with zero attached hydrogens (tertiary/aromatic N) is 3. The summed E-state index contributed by atoms with van der Waals surface area (Å²) >= 11 is 13.6. The van der Waals surface area contributed by atoms with Crippen LogP contribution in [0.1, 0.15) is 55.5 Å². The molecule has 1 aliphatic carbocycles. The second kappa shape index (κ2) is 12.8. The summed E-state index contributed by atoms with van der Waals surface area (Å²) in [6.45, 7) is 0.357. The molecule has 8 nitrogen and oxygen atoms in total. The molecule has 2 fully saturated rings. The minimum atomic E-state index is -0.198. The summed E-state index contributed by atoms with van der Waals surface area (Å²) in [6.07, 6.45) is 8.49. The van der Waals surface area contributed by atoms with E-state index in [1.54, 1.807) is 7.11 Å². The van der Waals surface area contributed by atoms with Gasteiger partial charge in [-0.1, -0.05) is 47.8 Å². The molecule has 4 rings (SSSR count). The van der Waals surface area contributed by atoms with E-state index in [4.69, 9.17) is 33.3 Å². The van der Waals surface area contributed by atoms with E-state index >= 15 is 0 Å². The molecule has 1 aliphatic heterocycles. The van der Waals surface area contributed by atoms with E-state index in [0.717, 1.165) is 24.2 Å². The normalized spacial score (nSPS) is 17.6. The molecule has 0 radical (unpaired) electrons. The highest BCUT2D eigenvalue weighted by Gasteiger charge is 2.31. The highest BCUT2D eigenvalue weighted by molar-refractivity contribution is 8.26. The van der Waals surface area contributed by atoms with Crippen LogP contribution in [0.3, 0.4) is 0 Å². The summed E-state index contributed by atoms with van der Waals surface area (Å²) in [6, 6.07) is 5.69. The number of ether oxygens (including phenoxy) is 2. The van der Waals surface area contributed by atoms with Crippen molar-refractivity contribution in [2.24, 2.45) is 0 Å². The second-order valence-corrected chi connectivity index (χ2v) is 11.4. The maximum absolute atomic E-state index is 13.0. The second-order valence-electron chi connectivity index (χ2n) is 8.41. The zero-order chi connectivity index (χ0) is 25.5. The molecule has 2 amide bonds. The molecule has 0 atom stereocenters. The van der Waals surface area contributed by atoms with Crippen molar-refractivity contribution in [3.05, 3.63) is 33.7 Å². The van der Waals surface area contributed by atoms with Gasteiger partial charge in [-0.05, 0) is 55.9 Å². The number of carbonyl (C=O) groups excluding carboxylic acids is 2. The first-order valence-electron chi connectivity index (χ1n) is 11.7. The van der Waals surface area contributed by atoms with Crippen molar-refractivity contribution in [3.63, 3.8) is 0 Å². The number of alkyl halides is 1. The zero-order valence-electron chi connectivity index (χ0n) is 19.8. The van der Waals surface area contributed by atoms with Gasteiger partial charge in [-0.3, -0.25) is 14.5 Å². The van der Waals surface area contributed by atoms with Crippen LogP contribution in [0.5, 0.6) is 11.5 Å². The van der Waals surface area contributed by atoms with Gasteiger partial charge in [0.2, 0.25) is 11.0 Å². The van der Waals surface area contributed by atoms with Crippen molar-refractivity contribution in [3.8, 4) is 11.5 Å². The Hall–Kier alpha value is -2.21. The van der Waals surface area contributed by atoms with Crippen LogP contribution < -0.4 is 14.8 Å². The molecule has 1 N–H and O–H groups in total. The number of benzene rings is 1. The highest BCUT2D eigenvalue weighted by Crippen LogP contribution is 2.36. The van der Waals surface area contributed by atoms with Gasteiger partial charge in [0.05, 0.1) is 24.0 Å². The Morgan fingerprint density at radius 2 is 2.08 bits per heavy atom. The molecule has 12 heteroatoms. The van der Waals surface area contributed by atoms with Crippen LogP contribution in [0.25, 0.3) is 6.08 Å². The van der Waals surface area contributed by atoms with Crippen LogP contribution in [0, 0.1) is 0 Å². The average Bonchev–Trinajstić information content (AvgIpc) is 3.44. The number of aromatic nitrogens is 2. The third kappa shape index (κ3) is 6.96. The number of hydrogen-bond donors (Lipinski definition) is 1. The van der Waals surface area contributed by atoms with Gasteiger partial charge in [0.15, 0.2) is 11.5 Å². The molecule has 0 unspecified atom stereocenters. The first-order chi connectivity index (χ1) is 17.5.